The summed E-state index contributed by atoms with van der Waals surface area (Å²) in [5.41, 5.74) is 0.513. The molecule has 24 heavy (non-hydrogen) atoms. The van der Waals surface area contributed by atoms with Gasteiger partial charge >= 0.3 is 11.9 Å². The molecule has 0 fully saturated rings. The van der Waals surface area contributed by atoms with Gasteiger partial charge in [-0.15, -0.1) is 0 Å². The maximum atomic E-state index is 14.0. The van der Waals surface area contributed by atoms with Crippen molar-refractivity contribution in [3.8, 4) is 0 Å². The highest BCUT2D eigenvalue weighted by molar-refractivity contribution is 9.09. The zero-order valence-electron chi connectivity index (χ0n) is 13.4. The van der Waals surface area contributed by atoms with E-state index < -0.39 is 23.2 Å². The number of halogens is 2. The van der Waals surface area contributed by atoms with Crippen LogP contribution < -0.4 is 0 Å². The minimum atomic E-state index is -1.51. The molecule has 0 aromatic heterocycles. The maximum absolute atomic E-state index is 14.0. The molecule has 4 nitrogen and oxygen atoms in total. The van der Waals surface area contributed by atoms with Gasteiger partial charge in [0.2, 0.25) is 0 Å². The second-order valence-corrected chi connectivity index (χ2v) is 6.68. The highest BCUT2D eigenvalue weighted by Crippen LogP contribution is 2.41. The molecule has 0 amide bonds. The molecule has 0 aliphatic heterocycles. The van der Waals surface area contributed by atoms with Crippen LogP contribution in [0.1, 0.15) is 30.0 Å². The van der Waals surface area contributed by atoms with Gasteiger partial charge in [-0.1, -0.05) is 34.1 Å². The van der Waals surface area contributed by atoms with E-state index in [1.807, 2.05) is 0 Å². The number of benzene rings is 1. The second kappa shape index (κ2) is 6.89. The second-order valence-electron chi connectivity index (χ2n) is 5.89. The molecule has 1 aromatic carbocycles. The monoisotopic (exact) mass is 396 g/mol. The predicted molar refractivity (Wildman–Crippen MR) is 92.0 cm³/mol. The number of hydrogen-bond acceptors (Lipinski definition) is 2. The van der Waals surface area contributed by atoms with Crippen molar-refractivity contribution in [2.45, 2.75) is 32.1 Å². The lowest BCUT2D eigenvalue weighted by molar-refractivity contribution is -0.142. The lowest BCUT2D eigenvalue weighted by Gasteiger charge is -2.32. The molecule has 6 heteroatoms. The Kier molecular flexibility index (Phi) is 5.28. The molecule has 1 aliphatic rings. The molecule has 1 aromatic rings. The minimum absolute atomic E-state index is 0.0617. The lowest BCUT2D eigenvalue weighted by Crippen LogP contribution is -2.38. The predicted octanol–water partition coefficient (Wildman–Crippen LogP) is 3.75. The van der Waals surface area contributed by atoms with Gasteiger partial charge < -0.3 is 10.2 Å². The first-order valence-corrected chi connectivity index (χ1v) is 8.57. The number of carbonyl (C=O) groups is 2. The van der Waals surface area contributed by atoms with Gasteiger partial charge in [0.05, 0.1) is 0 Å². The molecule has 0 bridgehead atoms. The molecule has 1 aliphatic carbocycles. The first-order valence-electron chi connectivity index (χ1n) is 7.44. The van der Waals surface area contributed by atoms with E-state index in [1.165, 1.54) is 24.3 Å². The van der Waals surface area contributed by atoms with E-state index in [0.29, 0.717) is 34.0 Å². The van der Waals surface area contributed by atoms with Crippen molar-refractivity contribution >= 4 is 27.9 Å². The Balaban J connectivity index is 2.71. The molecule has 0 saturated carbocycles. The van der Waals surface area contributed by atoms with Crippen LogP contribution in [-0.4, -0.2) is 27.5 Å². The Labute approximate surface area is 147 Å². The average molecular weight is 397 g/mol. The standard InChI is InChI=1S/C18H18BrFO4/c1-10-5-7-18(17(23)24,9-13(10)16(21)22)14-3-4-15(20)11(2)12(14)6-8-19/h3-5,7H,6,8-9H2,1-2H3,(H,21,22)(H,23,24). The fourth-order valence-electron chi connectivity index (χ4n) is 3.10. The van der Waals surface area contributed by atoms with Crippen LogP contribution in [0.4, 0.5) is 4.39 Å². The molecule has 0 radical (unpaired) electrons. The quantitative estimate of drug-likeness (QED) is 0.743. The summed E-state index contributed by atoms with van der Waals surface area (Å²) >= 11 is 3.31. The fourth-order valence-corrected chi connectivity index (χ4v) is 3.50. The van der Waals surface area contributed by atoms with Gasteiger partial charge in [-0.3, -0.25) is 4.79 Å². The number of alkyl halides is 1. The zero-order chi connectivity index (χ0) is 18.1. The van der Waals surface area contributed by atoms with Crippen molar-refractivity contribution in [1.82, 2.24) is 0 Å². The van der Waals surface area contributed by atoms with Crippen LogP contribution in [0.5, 0.6) is 0 Å². The molecule has 0 heterocycles. The van der Waals surface area contributed by atoms with Crippen LogP contribution in [0, 0.1) is 12.7 Å². The molecule has 0 saturated heterocycles. The molecular formula is C18H18BrFO4. The molecule has 2 N–H and O–H groups in total. The zero-order valence-corrected chi connectivity index (χ0v) is 15.0. The summed E-state index contributed by atoms with van der Waals surface area (Å²) < 4.78 is 14.0. The summed E-state index contributed by atoms with van der Waals surface area (Å²) in [6.07, 6.45) is 3.33. The van der Waals surface area contributed by atoms with Gasteiger partial charge in [-0.2, -0.15) is 0 Å². The van der Waals surface area contributed by atoms with Crippen LogP contribution in [0.3, 0.4) is 0 Å². The molecule has 1 atom stereocenters. The Morgan fingerprint density at radius 2 is 1.96 bits per heavy atom. The van der Waals surface area contributed by atoms with E-state index in [-0.39, 0.29) is 12.0 Å². The van der Waals surface area contributed by atoms with Crippen LogP contribution in [-0.2, 0) is 21.4 Å². The number of allylic oxidation sites excluding steroid dienone is 2. The van der Waals surface area contributed by atoms with Crippen LogP contribution in [0.25, 0.3) is 0 Å². The molecular weight excluding hydrogens is 379 g/mol. The molecule has 2 rings (SSSR count). The molecule has 128 valence electrons. The highest BCUT2D eigenvalue weighted by Gasteiger charge is 2.43. The number of hydrogen-bond donors (Lipinski definition) is 2. The van der Waals surface area contributed by atoms with E-state index in [1.54, 1.807) is 13.8 Å². The summed E-state index contributed by atoms with van der Waals surface area (Å²) in [4.78, 5) is 23.6. The SMILES string of the molecule is CC1=C(C(=O)O)CC(C(=O)O)(c2ccc(F)c(C)c2CCBr)C=C1. The topological polar surface area (TPSA) is 74.6 Å². The first kappa shape index (κ1) is 18.4. The van der Waals surface area contributed by atoms with E-state index in [0.717, 1.165) is 0 Å². The fraction of sp³-hybridized carbons (Fsp3) is 0.333. The van der Waals surface area contributed by atoms with Crippen molar-refractivity contribution in [2.75, 3.05) is 5.33 Å². The van der Waals surface area contributed by atoms with Gasteiger partial charge in [0.15, 0.2) is 0 Å². The Morgan fingerprint density at radius 1 is 1.29 bits per heavy atom. The number of carboxylic acid groups (broad SMARTS) is 2. The largest absolute Gasteiger partial charge is 0.480 e. The molecule has 1 unspecified atom stereocenters. The summed E-state index contributed by atoms with van der Waals surface area (Å²) in [6.45, 7) is 3.25. The Bertz CT molecular complexity index is 767. The maximum Gasteiger partial charge on any atom is 0.331 e. The normalized spacial score (nSPS) is 20.3. The third-order valence-electron chi connectivity index (χ3n) is 4.55. The van der Waals surface area contributed by atoms with Crippen LogP contribution in [0.15, 0.2) is 35.4 Å². The Morgan fingerprint density at radius 3 is 2.50 bits per heavy atom. The minimum Gasteiger partial charge on any atom is -0.480 e. The Hall–Kier alpha value is -1.95. The van der Waals surface area contributed by atoms with Crippen molar-refractivity contribution < 1.29 is 24.2 Å². The summed E-state index contributed by atoms with van der Waals surface area (Å²) in [6, 6.07) is 2.70. The average Bonchev–Trinajstić information content (AvgIpc) is 2.52. The van der Waals surface area contributed by atoms with Crippen molar-refractivity contribution in [1.29, 1.82) is 0 Å². The summed E-state index contributed by atoms with van der Waals surface area (Å²) in [5.74, 6) is -2.68. The number of rotatable bonds is 5. The van der Waals surface area contributed by atoms with Crippen LogP contribution in [0.2, 0.25) is 0 Å². The molecule has 0 spiro atoms. The first-order chi connectivity index (χ1) is 11.2. The summed E-state index contributed by atoms with van der Waals surface area (Å²) in [7, 11) is 0. The van der Waals surface area contributed by atoms with Crippen molar-refractivity contribution in [2.24, 2.45) is 0 Å². The van der Waals surface area contributed by atoms with E-state index in [2.05, 4.69) is 15.9 Å². The van der Waals surface area contributed by atoms with E-state index >= 15 is 0 Å². The third kappa shape index (κ3) is 3.02. The van der Waals surface area contributed by atoms with E-state index in [9.17, 15) is 24.2 Å². The third-order valence-corrected chi connectivity index (χ3v) is 4.94. The summed E-state index contributed by atoms with van der Waals surface area (Å²) in [5, 5.41) is 19.8. The number of carboxylic acids is 2. The number of aliphatic carboxylic acids is 2. The van der Waals surface area contributed by atoms with Crippen molar-refractivity contribution in [3.63, 3.8) is 0 Å². The van der Waals surface area contributed by atoms with Gasteiger partial charge in [0.1, 0.15) is 11.2 Å². The van der Waals surface area contributed by atoms with Gasteiger partial charge in [0, 0.05) is 17.3 Å². The van der Waals surface area contributed by atoms with Gasteiger partial charge in [0.25, 0.3) is 0 Å². The smallest absolute Gasteiger partial charge is 0.331 e. The highest BCUT2D eigenvalue weighted by atomic mass is 79.9. The van der Waals surface area contributed by atoms with Gasteiger partial charge in [-0.05, 0) is 48.6 Å². The van der Waals surface area contributed by atoms with E-state index in [4.69, 9.17) is 0 Å². The van der Waals surface area contributed by atoms with Crippen LogP contribution >= 0.6 is 15.9 Å². The lowest BCUT2D eigenvalue weighted by atomic mass is 9.69. The van der Waals surface area contributed by atoms with Gasteiger partial charge in [-0.25, -0.2) is 9.18 Å². The van der Waals surface area contributed by atoms with Crippen molar-refractivity contribution in [3.05, 3.63) is 57.9 Å².